The number of nitro benzene ring substituents is 1. The van der Waals surface area contributed by atoms with Crippen LogP contribution in [-0.2, 0) is 6.42 Å². The molecule has 110 valence electrons. The molecule has 2 aromatic rings. The predicted molar refractivity (Wildman–Crippen MR) is 79.7 cm³/mol. The first-order valence-electron chi connectivity index (χ1n) is 5.87. The van der Waals surface area contributed by atoms with Crippen LogP contribution >= 0.6 is 22.6 Å². The second kappa shape index (κ2) is 6.00. The van der Waals surface area contributed by atoms with Gasteiger partial charge in [-0.05, 0) is 53.3 Å². The Labute approximate surface area is 132 Å². The Hall–Kier alpha value is -1.64. The maximum Gasteiger partial charge on any atom is 0.278 e. The maximum absolute atomic E-state index is 13.9. The van der Waals surface area contributed by atoms with Crippen LogP contribution in [0.2, 0.25) is 0 Å². The van der Waals surface area contributed by atoms with Gasteiger partial charge in [-0.1, -0.05) is 6.07 Å². The van der Waals surface area contributed by atoms with Crippen LogP contribution in [0.15, 0.2) is 24.3 Å². The number of hydrogen-bond acceptors (Lipinski definition) is 2. The Morgan fingerprint density at radius 1 is 1.19 bits per heavy atom. The van der Waals surface area contributed by atoms with Gasteiger partial charge in [0, 0.05) is 15.6 Å². The maximum atomic E-state index is 13.9. The Balaban J connectivity index is 2.60. The highest BCUT2D eigenvalue weighted by Gasteiger charge is 2.25. The number of nitrogens with zero attached hydrogens (tertiary/aromatic N) is 1. The zero-order chi connectivity index (χ0) is 15.7. The number of nitro groups is 1. The smallest absolute Gasteiger partial charge is 0.258 e. The molecule has 7 heteroatoms. The first kappa shape index (κ1) is 15.7. The summed E-state index contributed by atoms with van der Waals surface area (Å²) in [7, 11) is 0. The third-order valence-electron chi connectivity index (χ3n) is 3.04. The molecule has 0 aliphatic carbocycles. The van der Waals surface area contributed by atoms with Gasteiger partial charge >= 0.3 is 0 Å². The normalized spacial score (nSPS) is 10.7. The van der Waals surface area contributed by atoms with E-state index >= 15 is 0 Å². The van der Waals surface area contributed by atoms with Crippen molar-refractivity contribution in [2.45, 2.75) is 13.3 Å². The Bertz CT molecular complexity index is 735. The lowest BCUT2D eigenvalue weighted by Crippen LogP contribution is -2.06. The number of halogens is 4. The average Bonchev–Trinajstić information content (AvgIpc) is 2.38. The molecule has 0 bridgehead atoms. The molecule has 0 heterocycles. The molecule has 0 radical (unpaired) electrons. The fourth-order valence-corrected chi connectivity index (χ4v) is 2.53. The number of benzene rings is 2. The standard InChI is InChI=1S/C14H9F3INO2/c1-7-4-12(16)13(17)10(14(7)19(20)21)5-8-2-3-9(18)6-11(8)15/h2-4,6H,5H2,1H3. The van der Waals surface area contributed by atoms with E-state index in [1.807, 2.05) is 22.6 Å². The van der Waals surface area contributed by atoms with Crippen molar-refractivity contribution in [2.75, 3.05) is 0 Å². The lowest BCUT2D eigenvalue weighted by Gasteiger charge is -2.09. The summed E-state index contributed by atoms with van der Waals surface area (Å²) in [6.45, 7) is 1.31. The van der Waals surface area contributed by atoms with Gasteiger partial charge in [-0.25, -0.2) is 13.2 Å². The summed E-state index contributed by atoms with van der Waals surface area (Å²) in [6, 6.07) is 4.99. The topological polar surface area (TPSA) is 43.1 Å². The molecule has 0 unspecified atom stereocenters. The molecule has 0 spiro atoms. The second-order valence-electron chi connectivity index (χ2n) is 4.49. The van der Waals surface area contributed by atoms with Crippen molar-refractivity contribution in [3.8, 4) is 0 Å². The minimum atomic E-state index is -1.31. The van der Waals surface area contributed by atoms with Crippen LogP contribution in [0.25, 0.3) is 0 Å². The zero-order valence-electron chi connectivity index (χ0n) is 10.8. The third-order valence-corrected chi connectivity index (χ3v) is 3.71. The molecular weight excluding hydrogens is 398 g/mol. The highest BCUT2D eigenvalue weighted by Crippen LogP contribution is 2.30. The first-order valence-corrected chi connectivity index (χ1v) is 6.95. The largest absolute Gasteiger partial charge is 0.278 e. The molecule has 0 atom stereocenters. The quantitative estimate of drug-likeness (QED) is 0.427. The second-order valence-corrected chi connectivity index (χ2v) is 5.73. The molecule has 0 saturated heterocycles. The SMILES string of the molecule is Cc1cc(F)c(F)c(Cc2ccc(I)cc2F)c1[N+](=O)[O-]. The van der Waals surface area contributed by atoms with E-state index in [-0.39, 0.29) is 17.5 Å². The number of hydrogen-bond donors (Lipinski definition) is 0. The van der Waals surface area contributed by atoms with E-state index in [0.717, 1.165) is 6.07 Å². The highest BCUT2D eigenvalue weighted by atomic mass is 127. The lowest BCUT2D eigenvalue weighted by atomic mass is 9.99. The van der Waals surface area contributed by atoms with Crippen molar-refractivity contribution in [1.82, 2.24) is 0 Å². The van der Waals surface area contributed by atoms with Gasteiger partial charge < -0.3 is 0 Å². The summed E-state index contributed by atoms with van der Waals surface area (Å²) in [6.07, 6.45) is -0.385. The fourth-order valence-electron chi connectivity index (χ4n) is 2.08. The summed E-state index contributed by atoms with van der Waals surface area (Å²) < 4.78 is 41.8. The first-order chi connectivity index (χ1) is 9.81. The molecule has 2 aromatic carbocycles. The van der Waals surface area contributed by atoms with Gasteiger partial charge in [0.1, 0.15) is 5.82 Å². The van der Waals surface area contributed by atoms with Gasteiger partial charge in [0.15, 0.2) is 11.6 Å². The fraction of sp³-hybridized carbons (Fsp3) is 0.143. The molecular formula is C14H9F3INO2. The highest BCUT2D eigenvalue weighted by molar-refractivity contribution is 14.1. The summed E-state index contributed by atoms with van der Waals surface area (Å²) in [5, 5.41) is 11.1. The van der Waals surface area contributed by atoms with E-state index in [1.165, 1.54) is 19.1 Å². The van der Waals surface area contributed by atoms with Crippen molar-refractivity contribution in [3.63, 3.8) is 0 Å². The Morgan fingerprint density at radius 3 is 2.43 bits per heavy atom. The molecule has 21 heavy (non-hydrogen) atoms. The van der Waals surface area contributed by atoms with E-state index in [1.54, 1.807) is 6.07 Å². The Morgan fingerprint density at radius 2 is 1.86 bits per heavy atom. The summed E-state index contributed by atoms with van der Waals surface area (Å²) in [5.41, 5.74) is -0.897. The minimum absolute atomic E-state index is 0.000167. The van der Waals surface area contributed by atoms with E-state index < -0.39 is 33.6 Å². The van der Waals surface area contributed by atoms with Crippen LogP contribution < -0.4 is 0 Å². The monoisotopic (exact) mass is 407 g/mol. The molecule has 0 fully saturated rings. The molecule has 0 saturated carbocycles. The van der Waals surface area contributed by atoms with Gasteiger partial charge in [0.05, 0.1) is 10.5 Å². The minimum Gasteiger partial charge on any atom is -0.258 e. The van der Waals surface area contributed by atoms with E-state index in [2.05, 4.69) is 0 Å². The van der Waals surface area contributed by atoms with E-state index in [9.17, 15) is 23.3 Å². The van der Waals surface area contributed by atoms with Crippen LogP contribution in [0.1, 0.15) is 16.7 Å². The van der Waals surface area contributed by atoms with E-state index in [4.69, 9.17) is 0 Å². The molecule has 2 rings (SSSR count). The van der Waals surface area contributed by atoms with Gasteiger partial charge in [0.25, 0.3) is 5.69 Å². The lowest BCUT2D eigenvalue weighted by molar-refractivity contribution is -0.386. The van der Waals surface area contributed by atoms with Crippen molar-refractivity contribution in [3.05, 3.63) is 72.1 Å². The van der Waals surface area contributed by atoms with Crippen LogP contribution in [0.3, 0.4) is 0 Å². The predicted octanol–water partition coefficient (Wildman–Crippen LogP) is 4.52. The number of rotatable bonds is 3. The van der Waals surface area contributed by atoms with Crippen LogP contribution in [0.4, 0.5) is 18.9 Å². The number of aryl methyl sites for hydroxylation is 1. The van der Waals surface area contributed by atoms with E-state index in [0.29, 0.717) is 3.57 Å². The van der Waals surface area contributed by atoms with Crippen LogP contribution in [0.5, 0.6) is 0 Å². The molecule has 0 N–H and O–H groups in total. The Kier molecular flexibility index (Phi) is 4.50. The molecule has 0 aliphatic heterocycles. The zero-order valence-corrected chi connectivity index (χ0v) is 12.9. The average molecular weight is 407 g/mol. The van der Waals surface area contributed by atoms with Gasteiger partial charge in [0.2, 0.25) is 0 Å². The van der Waals surface area contributed by atoms with Gasteiger partial charge in [-0.3, -0.25) is 10.1 Å². The molecule has 0 aliphatic rings. The molecule has 0 aromatic heterocycles. The van der Waals surface area contributed by atoms with Crippen LogP contribution in [0, 0.1) is 38.1 Å². The van der Waals surface area contributed by atoms with Gasteiger partial charge in [-0.15, -0.1) is 0 Å². The van der Waals surface area contributed by atoms with Gasteiger partial charge in [-0.2, -0.15) is 0 Å². The molecule has 3 nitrogen and oxygen atoms in total. The van der Waals surface area contributed by atoms with Crippen molar-refractivity contribution in [2.24, 2.45) is 0 Å². The summed E-state index contributed by atoms with van der Waals surface area (Å²) in [4.78, 5) is 10.3. The third kappa shape index (κ3) is 3.17. The van der Waals surface area contributed by atoms with Crippen LogP contribution in [-0.4, -0.2) is 4.92 Å². The molecule has 0 amide bonds. The van der Waals surface area contributed by atoms with Crippen molar-refractivity contribution >= 4 is 28.3 Å². The summed E-state index contributed by atoms with van der Waals surface area (Å²) in [5.74, 6) is -3.11. The van der Waals surface area contributed by atoms with Crippen molar-refractivity contribution < 1.29 is 18.1 Å². The van der Waals surface area contributed by atoms with Crippen molar-refractivity contribution in [1.29, 1.82) is 0 Å². The summed E-state index contributed by atoms with van der Waals surface area (Å²) >= 11 is 1.91.